The van der Waals surface area contributed by atoms with Crippen LogP contribution in [0.5, 0.6) is 5.75 Å². The molecule has 0 saturated heterocycles. The zero-order valence-corrected chi connectivity index (χ0v) is 11.3. The Hall–Kier alpha value is -1.75. The van der Waals surface area contributed by atoms with E-state index in [1.807, 2.05) is 0 Å². The Labute approximate surface area is 117 Å². The fourth-order valence-electron chi connectivity index (χ4n) is 1.50. The molecular weight excluding hydrogens is 318 g/mol. The molecule has 5 heteroatoms. The summed E-state index contributed by atoms with van der Waals surface area (Å²) in [7, 11) is 0. The first-order valence-electron chi connectivity index (χ1n) is 5.41. The van der Waals surface area contributed by atoms with Gasteiger partial charge >= 0.3 is 0 Å². The van der Waals surface area contributed by atoms with E-state index in [0.717, 1.165) is 6.07 Å². The second kappa shape index (κ2) is 5.93. The van der Waals surface area contributed by atoms with Crippen LogP contribution in [0.2, 0.25) is 0 Å². The molecule has 2 aromatic carbocycles. The van der Waals surface area contributed by atoms with Crippen molar-refractivity contribution < 1.29 is 18.3 Å². The predicted octanol–water partition coefficient (Wildman–Crippen LogP) is 4.12. The lowest BCUT2D eigenvalue weighted by atomic mass is 10.2. The van der Waals surface area contributed by atoms with Gasteiger partial charge in [0.1, 0.15) is 18.7 Å². The molecule has 2 aromatic rings. The van der Waals surface area contributed by atoms with Gasteiger partial charge in [0, 0.05) is 5.56 Å². The number of carbonyl (C=O) groups excluding carboxylic acids is 1. The molecule has 98 valence electrons. The van der Waals surface area contributed by atoms with Gasteiger partial charge in [-0.05, 0) is 51.8 Å². The number of rotatable bonds is 4. The van der Waals surface area contributed by atoms with Crippen LogP contribution in [0.15, 0.2) is 40.9 Å². The Morgan fingerprint density at radius 3 is 2.53 bits per heavy atom. The highest BCUT2D eigenvalue weighted by Gasteiger charge is 2.06. The molecule has 0 fully saturated rings. The van der Waals surface area contributed by atoms with Crippen molar-refractivity contribution in [3.63, 3.8) is 0 Å². The first-order chi connectivity index (χ1) is 9.10. The molecule has 0 aliphatic carbocycles. The van der Waals surface area contributed by atoms with Crippen LogP contribution >= 0.6 is 15.9 Å². The maximum atomic E-state index is 13.5. The van der Waals surface area contributed by atoms with Gasteiger partial charge in [-0.2, -0.15) is 0 Å². The average molecular weight is 327 g/mol. The van der Waals surface area contributed by atoms with E-state index in [1.165, 1.54) is 18.2 Å². The Balaban J connectivity index is 2.09. The summed E-state index contributed by atoms with van der Waals surface area (Å²) in [6.07, 6.45) is 0.559. The summed E-state index contributed by atoms with van der Waals surface area (Å²) in [4.78, 5) is 10.5. The number of hydrogen-bond donors (Lipinski definition) is 0. The summed E-state index contributed by atoms with van der Waals surface area (Å²) in [5.74, 6) is -0.929. The summed E-state index contributed by atoms with van der Waals surface area (Å²) < 4.78 is 32.2. The van der Waals surface area contributed by atoms with Gasteiger partial charge in [-0.1, -0.05) is 6.07 Å². The summed E-state index contributed by atoms with van der Waals surface area (Å²) in [6.45, 7) is 0.107. The molecular formula is C14H9BrF2O2. The van der Waals surface area contributed by atoms with Gasteiger partial charge in [-0.15, -0.1) is 0 Å². The van der Waals surface area contributed by atoms with E-state index in [-0.39, 0.29) is 23.7 Å². The zero-order chi connectivity index (χ0) is 13.8. The number of carbonyl (C=O) groups is 1. The number of benzene rings is 2. The molecule has 0 unspecified atom stereocenters. The summed E-state index contributed by atoms with van der Waals surface area (Å²) >= 11 is 3.06. The van der Waals surface area contributed by atoms with Gasteiger partial charge < -0.3 is 4.74 Å². The van der Waals surface area contributed by atoms with Gasteiger partial charge in [0.25, 0.3) is 0 Å². The number of halogens is 3. The number of ether oxygens (including phenoxy) is 1. The molecule has 0 amide bonds. The van der Waals surface area contributed by atoms with E-state index < -0.39 is 5.82 Å². The van der Waals surface area contributed by atoms with E-state index in [2.05, 4.69) is 15.9 Å². The first-order valence-corrected chi connectivity index (χ1v) is 6.21. The standard InChI is InChI=1S/C14H9BrF2O2/c15-11-5-10(1-3-12(11)16)8-19-14-4-2-9(7-18)6-13(14)17/h1-7H,8H2. The van der Waals surface area contributed by atoms with E-state index >= 15 is 0 Å². The SMILES string of the molecule is O=Cc1ccc(OCc2ccc(F)c(Br)c2)c(F)c1. The van der Waals surface area contributed by atoms with Crippen molar-refractivity contribution in [2.45, 2.75) is 6.61 Å². The third-order valence-electron chi connectivity index (χ3n) is 2.47. The highest BCUT2D eigenvalue weighted by molar-refractivity contribution is 9.10. The molecule has 0 aliphatic rings. The van der Waals surface area contributed by atoms with Crippen molar-refractivity contribution in [1.29, 1.82) is 0 Å². The van der Waals surface area contributed by atoms with Crippen LogP contribution in [0.3, 0.4) is 0 Å². The van der Waals surface area contributed by atoms with Crippen LogP contribution in [-0.2, 0) is 6.61 Å². The maximum Gasteiger partial charge on any atom is 0.165 e. The van der Waals surface area contributed by atoms with E-state index in [4.69, 9.17) is 4.74 Å². The normalized spacial score (nSPS) is 10.3. The number of hydrogen-bond acceptors (Lipinski definition) is 2. The largest absolute Gasteiger partial charge is 0.486 e. The molecule has 19 heavy (non-hydrogen) atoms. The smallest absolute Gasteiger partial charge is 0.165 e. The Kier molecular flexibility index (Phi) is 4.27. The van der Waals surface area contributed by atoms with E-state index in [1.54, 1.807) is 12.1 Å². The van der Waals surface area contributed by atoms with Gasteiger partial charge in [0.2, 0.25) is 0 Å². The molecule has 0 aliphatic heterocycles. The maximum absolute atomic E-state index is 13.5. The quantitative estimate of drug-likeness (QED) is 0.790. The van der Waals surface area contributed by atoms with Gasteiger partial charge in [0.05, 0.1) is 4.47 Å². The molecule has 2 nitrogen and oxygen atoms in total. The lowest BCUT2D eigenvalue weighted by molar-refractivity contribution is 0.112. The minimum absolute atomic E-state index is 0.0473. The molecule has 2 rings (SSSR count). The van der Waals surface area contributed by atoms with Crippen LogP contribution in [0.25, 0.3) is 0 Å². The summed E-state index contributed by atoms with van der Waals surface area (Å²) in [6, 6.07) is 8.37. The summed E-state index contributed by atoms with van der Waals surface area (Å²) in [5.41, 5.74) is 0.946. The minimum atomic E-state index is -0.606. The van der Waals surface area contributed by atoms with E-state index in [9.17, 15) is 13.6 Å². The number of aldehydes is 1. The molecule has 0 bridgehead atoms. The van der Waals surface area contributed by atoms with Gasteiger partial charge in [-0.25, -0.2) is 8.78 Å². The lowest BCUT2D eigenvalue weighted by Crippen LogP contribution is -1.98. The highest BCUT2D eigenvalue weighted by atomic mass is 79.9. The van der Waals surface area contributed by atoms with Crippen LogP contribution in [0.1, 0.15) is 15.9 Å². The fourth-order valence-corrected chi connectivity index (χ4v) is 1.92. The van der Waals surface area contributed by atoms with E-state index in [0.29, 0.717) is 16.3 Å². The fraction of sp³-hybridized carbons (Fsp3) is 0.0714. The second-order valence-corrected chi connectivity index (χ2v) is 4.70. The Bertz CT molecular complexity index is 614. The Morgan fingerprint density at radius 1 is 1.11 bits per heavy atom. The van der Waals surface area contributed by atoms with Gasteiger partial charge in [0.15, 0.2) is 11.6 Å². The van der Waals surface area contributed by atoms with Crippen molar-refractivity contribution in [2.75, 3.05) is 0 Å². The van der Waals surface area contributed by atoms with Crippen molar-refractivity contribution in [2.24, 2.45) is 0 Å². The van der Waals surface area contributed by atoms with Crippen LogP contribution in [-0.4, -0.2) is 6.29 Å². The van der Waals surface area contributed by atoms with Crippen molar-refractivity contribution >= 4 is 22.2 Å². The average Bonchev–Trinajstić information content (AvgIpc) is 2.41. The first kappa shape index (κ1) is 13.7. The third kappa shape index (κ3) is 3.38. The van der Waals surface area contributed by atoms with Crippen LogP contribution in [0, 0.1) is 11.6 Å². The molecule has 0 saturated carbocycles. The second-order valence-electron chi connectivity index (χ2n) is 3.84. The monoisotopic (exact) mass is 326 g/mol. The lowest BCUT2D eigenvalue weighted by Gasteiger charge is -2.08. The van der Waals surface area contributed by atoms with Crippen molar-refractivity contribution in [1.82, 2.24) is 0 Å². The van der Waals surface area contributed by atoms with Crippen molar-refractivity contribution in [3.8, 4) is 5.75 Å². The van der Waals surface area contributed by atoms with Crippen molar-refractivity contribution in [3.05, 3.63) is 63.6 Å². The highest BCUT2D eigenvalue weighted by Crippen LogP contribution is 2.21. The Morgan fingerprint density at radius 2 is 1.89 bits per heavy atom. The molecule has 0 radical (unpaired) electrons. The van der Waals surface area contributed by atoms with Crippen LogP contribution < -0.4 is 4.74 Å². The summed E-state index contributed by atoms with van der Waals surface area (Å²) in [5, 5.41) is 0. The molecule has 0 N–H and O–H groups in total. The minimum Gasteiger partial charge on any atom is -0.486 e. The topological polar surface area (TPSA) is 26.3 Å². The third-order valence-corrected chi connectivity index (χ3v) is 3.08. The van der Waals surface area contributed by atoms with Gasteiger partial charge in [-0.3, -0.25) is 4.79 Å². The van der Waals surface area contributed by atoms with Crippen LogP contribution in [0.4, 0.5) is 8.78 Å². The molecule has 0 aromatic heterocycles. The molecule has 0 heterocycles. The predicted molar refractivity (Wildman–Crippen MR) is 70.2 cm³/mol. The zero-order valence-electron chi connectivity index (χ0n) is 9.70. The molecule has 0 spiro atoms. The molecule has 0 atom stereocenters.